The molecule has 1 saturated carbocycles. The van der Waals surface area contributed by atoms with E-state index in [0.29, 0.717) is 6.04 Å². The molecule has 86 valence electrons. The van der Waals surface area contributed by atoms with Crippen LogP contribution in [0.3, 0.4) is 0 Å². The zero-order chi connectivity index (χ0) is 11.0. The third-order valence-electron chi connectivity index (χ3n) is 3.53. The summed E-state index contributed by atoms with van der Waals surface area (Å²) < 4.78 is 0. The van der Waals surface area contributed by atoms with Crippen molar-refractivity contribution in [1.82, 2.24) is 10.2 Å². The Morgan fingerprint density at radius 3 is 3.12 bits per heavy atom. The minimum Gasteiger partial charge on any atom is -0.335 e. The molecule has 2 aliphatic rings. The summed E-state index contributed by atoms with van der Waals surface area (Å²) in [7, 11) is 0. The van der Waals surface area contributed by atoms with Gasteiger partial charge in [0, 0.05) is 24.0 Å². The van der Waals surface area contributed by atoms with E-state index < -0.39 is 0 Å². The predicted octanol–water partition coefficient (Wildman–Crippen LogP) is 2.37. The van der Waals surface area contributed by atoms with Crippen molar-refractivity contribution in [2.45, 2.75) is 38.3 Å². The number of fused-ring (bicyclic) bond motifs is 1. The van der Waals surface area contributed by atoms with Crippen molar-refractivity contribution in [2.24, 2.45) is 0 Å². The van der Waals surface area contributed by atoms with Gasteiger partial charge in [0.2, 0.25) is 0 Å². The Kier molecular flexibility index (Phi) is 2.59. The molecular formula is C12H16N2OS. The van der Waals surface area contributed by atoms with Crippen LogP contribution in [0.4, 0.5) is 4.79 Å². The van der Waals surface area contributed by atoms with Gasteiger partial charge in [-0.1, -0.05) is 0 Å². The molecule has 0 aromatic carbocycles. The van der Waals surface area contributed by atoms with E-state index in [1.165, 1.54) is 16.9 Å². The maximum atomic E-state index is 12.0. The van der Waals surface area contributed by atoms with Crippen molar-refractivity contribution in [3.05, 3.63) is 21.9 Å². The first-order chi connectivity index (χ1) is 7.83. The highest BCUT2D eigenvalue weighted by Crippen LogP contribution is 2.24. The second kappa shape index (κ2) is 4.09. The summed E-state index contributed by atoms with van der Waals surface area (Å²) in [4.78, 5) is 15.3. The van der Waals surface area contributed by atoms with Crippen LogP contribution >= 0.6 is 11.3 Å². The summed E-state index contributed by atoms with van der Waals surface area (Å²) in [6.45, 7) is 1.66. The lowest BCUT2D eigenvalue weighted by molar-refractivity contribution is 0.181. The van der Waals surface area contributed by atoms with E-state index in [4.69, 9.17) is 0 Å². The van der Waals surface area contributed by atoms with Crippen molar-refractivity contribution >= 4 is 17.4 Å². The molecule has 0 bridgehead atoms. The molecule has 2 heterocycles. The van der Waals surface area contributed by atoms with E-state index in [0.717, 1.165) is 32.4 Å². The van der Waals surface area contributed by atoms with Gasteiger partial charge in [-0.25, -0.2) is 4.79 Å². The Balaban J connectivity index is 1.62. The number of carbonyl (C=O) groups is 1. The molecule has 2 amide bonds. The monoisotopic (exact) mass is 236 g/mol. The van der Waals surface area contributed by atoms with Gasteiger partial charge in [-0.3, -0.25) is 0 Å². The van der Waals surface area contributed by atoms with Crippen LogP contribution in [-0.2, 0) is 13.0 Å². The topological polar surface area (TPSA) is 32.3 Å². The van der Waals surface area contributed by atoms with Crippen LogP contribution in [0.2, 0.25) is 0 Å². The van der Waals surface area contributed by atoms with Crippen LogP contribution in [0, 0.1) is 0 Å². The van der Waals surface area contributed by atoms with Crippen LogP contribution in [0.15, 0.2) is 11.4 Å². The molecule has 3 nitrogen and oxygen atoms in total. The average molecular weight is 236 g/mol. The minimum atomic E-state index is 0.126. The number of hydrogen-bond acceptors (Lipinski definition) is 2. The third-order valence-corrected chi connectivity index (χ3v) is 4.55. The smallest absolute Gasteiger partial charge is 0.317 e. The summed E-state index contributed by atoms with van der Waals surface area (Å²) in [5, 5.41) is 5.22. The maximum Gasteiger partial charge on any atom is 0.317 e. The molecule has 0 radical (unpaired) electrons. The van der Waals surface area contributed by atoms with Crippen LogP contribution in [0.25, 0.3) is 0 Å². The lowest BCUT2D eigenvalue weighted by Gasteiger charge is -2.32. The molecule has 1 N–H and O–H groups in total. The third kappa shape index (κ3) is 1.82. The Bertz CT molecular complexity index is 397. The second-order valence-electron chi connectivity index (χ2n) is 4.62. The van der Waals surface area contributed by atoms with Crippen LogP contribution in [0.1, 0.15) is 29.7 Å². The number of nitrogens with zero attached hydrogens (tertiary/aromatic N) is 1. The fourth-order valence-electron chi connectivity index (χ4n) is 2.24. The first kappa shape index (κ1) is 10.1. The summed E-state index contributed by atoms with van der Waals surface area (Å²) in [6.07, 6.45) is 4.59. The van der Waals surface area contributed by atoms with Gasteiger partial charge in [-0.15, -0.1) is 11.3 Å². The molecular weight excluding hydrogens is 220 g/mol. The fraction of sp³-hybridized carbons (Fsp3) is 0.583. The highest BCUT2D eigenvalue weighted by atomic mass is 32.1. The van der Waals surface area contributed by atoms with Gasteiger partial charge in [-0.2, -0.15) is 0 Å². The summed E-state index contributed by atoms with van der Waals surface area (Å²) in [6, 6.07) is 2.71. The molecule has 0 atom stereocenters. The molecule has 1 aromatic heterocycles. The zero-order valence-electron chi connectivity index (χ0n) is 9.24. The maximum absolute atomic E-state index is 12.0. The Morgan fingerprint density at radius 2 is 2.38 bits per heavy atom. The van der Waals surface area contributed by atoms with E-state index in [-0.39, 0.29) is 6.03 Å². The Morgan fingerprint density at radius 1 is 1.50 bits per heavy atom. The lowest BCUT2D eigenvalue weighted by atomic mass is 9.93. The average Bonchev–Trinajstić information content (AvgIpc) is 2.69. The minimum absolute atomic E-state index is 0.126. The molecule has 0 spiro atoms. The predicted molar refractivity (Wildman–Crippen MR) is 64.6 cm³/mol. The normalized spacial score (nSPS) is 20.1. The molecule has 1 aliphatic carbocycles. The van der Waals surface area contributed by atoms with Crippen LogP contribution < -0.4 is 5.32 Å². The van der Waals surface area contributed by atoms with E-state index in [2.05, 4.69) is 16.8 Å². The molecule has 1 fully saturated rings. The molecule has 0 unspecified atom stereocenters. The summed E-state index contributed by atoms with van der Waals surface area (Å²) in [5.74, 6) is 0. The van der Waals surface area contributed by atoms with Gasteiger partial charge in [0.25, 0.3) is 0 Å². The number of rotatable bonds is 1. The number of amides is 2. The van der Waals surface area contributed by atoms with E-state index in [9.17, 15) is 4.79 Å². The first-order valence-electron chi connectivity index (χ1n) is 5.93. The van der Waals surface area contributed by atoms with E-state index in [1.807, 2.05) is 16.2 Å². The highest BCUT2D eigenvalue weighted by Gasteiger charge is 2.25. The van der Waals surface area contributed by atoms with Gasteiger partial charge >= 0.3 is 6.03 Å². The molecule has 0 saturated heterocycles. The van der Waals surface area contributed by atoms with Gasteiger partial charge < -0.3 is 10.2 Å². The van der Waals surface area contributed by atoms with Gasteiger partial charge in [0.15, 0.2) is 0 Å². The highest BCUT2D eigenvalue weighted by molar-refractivity contribution is 7.10. The van der Waals surface area contributed by atoms with Crippen molar-refractivity contribution in [2.75, 3.05) is 6.54 Å². The van der Waals surface area contributed by atoms with Gasteiger partial charge in [0.05, 0.1) is 0 Å². The number of nitrogens with one attached hydrogen (secondary N) is 1. The second-order valence-corrected chi connectivity index (χ2v) is 5.62. The van der Waals surface area contributed by atoms with Gasteiger partial charge in [-0.05, 0) is 42.7 Å². The van der Waals surface area contributed by atoms with Gasteiger partial charge in [0.1, 0.15) is 0 Å². The van der Waals surface area contributed by atoms with Crippen LogP contribution in [0.5, 0.6) is 0 Å². The fourth-order valence-corrected chi connectivity index (χ4v) is 3.13. The number of hydrogen-bond donors (Lipinski definition) is 1. The Hall–Kier alpha value is -1.03. The van der Waals surface area contributed by atoms with Crippen molar-refractivity contribution in [3.8, 4) is 0 Å². The molecule has 1 aromatic rings. The lowest BCUT2D eigenvalue weighted by Crippen LogP contribution is -2.48. The number of carbonyl (C=O) groups excluding carboxylic acids is 1. The quantitative estimate of drug-likeness (QED) is 0.797. The van der Waals surface area contributed by atoms with Crippen molar-refractivity contribution in [3.63, 3.8) is 0 Å². The molecule has 4 heteroatoms. The first-order valence-corrected chi connectivity index (χ1v) is 6.81. The number of urea groups is 1. The Labute approximate surface area is 99.5 Å². The molecule has 1 aliphatic heterocycles. The SMILES string of the molecule is O=C(NC1CCC1)N1CCc2sccc2C1. The number of thiophene rings is 1. The standard InChI is InChI=1S/C12H16N2OS/c15-12(13-10-2-1-3-10)14-6-4-11-9(8-14)5-7-16-11/h5,7,10H,1-4,6,8H2,(H,13,15). The molecule has 16 heavy (non-hydrogen) atoms. The van der Waals surface area contributed by atoms with Crippen molar-refractivity contribution in [1.29, 1.82) is 0 Å². The summed E-state index contributed by atoms with van der Waals surface area (Å²) >= 11 is 1.81. The van der Waals surface area contributed by atoms with E-state index in [1.54, 1.807) is 0 Å². The summed E-state index contributed by atoms with van der Waals surface area (Å²) in [5.41, 5.74) is 1.33. The zero-order valence-corrected chi connectivity index (χ0v) is 10.1. The largest absolute Gasteiger partial charge is 0.335 e. The van der Waals surface area contributed by atoms with Crippen LogP contribution in [-0.4, -0.2) is 23.5 Å². The van der Waals surface area contributed by atoms with Crippen molar-refractivity contribution < 1.29 is 4.79 Å². The molecule has 3 rings (SSSR count). The van der Waals surface area contributed by atoms with E-state index >= 15 is 0 Å².